The number of carbonyl (C=O) groups excluding carboxylic acids is 1. The summed E-state index contributed by atoms with van der Waals surface area (Å²) in [6.45, 7) is 4.12. The largest absolute Gasteiger partial charge is 0.466 e. The van der Waals surface area contributed by atoms with Crippen LogP contribution in [0.2, 0.25) is 0 Å². The third-order valence-electron chi connectivity index (χ3n) is 3.10. The van der Waals surface area contributed by atoms with Gasteiger partial charge in [-0.1, -0.05) is 19.8 Å². The maximum absolute atomic E-state index is 11.6. The van der Waals surface area contributed by atoms with E-state index in [-0.39, 0.29) is 11.9 Å². The quantitative estimate of drug-likeness (QED) is 0.705. The average molecular weight is 200 g/mol. The molecule has 1 saturated carbocycles. The summed E-state index contributed by atoms with van der Waals surface area (Å²) in [6, 6.07) is 0. The number of esters is 1. The van der Waals surface area contributed by atoms with Crippen molar-refractivity contribution in [3.05, 3.63) is 0 Å². The van der Waals surface area contributed by atoms with Crippen LogP contribution in [-0.2, 0) is 9.53 Å². The van der Waals surface area contributed by atoms with Gasteiger partial charge in [-0.3, -0.25) is 4.79 Å². The molecule has 0 aliphatic heterocycles. The van der Waals surface area contributed by atoms with E-state index in [0.29, 0.717) is 13.0 Å². The summed E-state index contributed by atoms with van der Waals surface area (Å²) in [6.07, 6.45) is 4.18. The van der Waals surface area contributed by atoms with E-state index in [0.717, 1.165) is 25.7 Å². The summed E-state index contributed by atoms with van der Waals surface area (Å²) in [7, 11) is 0. The Balaban J connectivity index is 2.64. The van der Waals surface area contributed by atoms with Crippen molar-refractivity contribution < 1.29 is 14.6 Å². The molecule has 0 bridgehead atoms. The fourth-order valence-corrected chi connectivity index (χ4v) is 2.34. The molecule has 1 aliphatic carbocycles. The van der Waals surface area contributed by atoms with E-state index in [9.17, 15) is 9.90 Å². The minimum Gasteiger partial charge on any atom is -0.466 e. The van der Waals surface area contributed by atoms with Crippen LogP contribution in [0.25, 0.3) is 0 Å². The third-order valence-corrected chi connectivity index (χ3v) is 3.10. The molecule has 0 saturated heterocycles. The zero-order valence-electron chi connectivity index (χ0n) is 9.08. The van der Waals surface area contributed by atoms with Gasteiger partial charge in [0.2, 0.25) is 0 Å². The van der Waals surface area contributed by atoms with Gasteiger partial charge in [0, 0.05) is 0 Å². The van der Waals surface area contributed by atoms with Crippen molar-refractivity contribution in [3.63, 3.8) is 0 Å². The molecule has 1 fully saturated rings. The van der Waals surface area contributed by atoms with Crippen LogP contribution in [-0.4, -0.2) is 23.3 Å². The highest BCUT2D eigenvalue weighted by Crippen LogP contribution is 2.37. The van der Waals surface area contributed by atoms with Gasteiger partial charge in [-0.2, -0.15) is 0 Å². The van der Waals surface area contributed by atoms with Crippen molar-refractivity contribution in [2.24, 2.45) is 5.92 Å². The summed E-state index contributed by atoms with van der Waals surface area (Å²) in [5.74, 6) is -0.565. The Morgan fingerprint density at radius 1 is 1.43 bits per heavy atom. The Morgan fingerprint density at radius 3 is 2.43 bits per heavy atom. The first-order valence-electron chi connectivity index (χ1n) is 5.53. The van der Waals surface area contributed by atoms with Crippen molar-refractivity contribution in [2.45, 2.75) is 51.6 Å². The zero-order valence-corrected chi connectivity index (χ0v) is 9.08. The predicted molar refractivity (Wildman–Crippen MR) is 53.8 cm³/mol. The Hall–Kier alpha value is -0.570. The van der Waals surface area contributed by atoms with Crippen molar-refractivity contribution in [1.29, 1.82) is 0 Å². The molecule has 0 amide bonds. The second kappa shape index (κ2) is 4.78. The van der Waals surface area contributed by atoms with Crippen LogP contribution < -0.4 is 0 Å². The fourth-order valence-electron chi connectivity index (χ4n) is 2.34. The molecule has 1 rings (SSSR count). The lowest BCUT2D eigenvalue weighted by atomic mass is 9.84. The topological polar surface area (TPSA) is 46.5 Å². The van der Waals surface area contributed by atoms with Crippen molar-refractivity contribution in [2.75, 3.05) is 6.61 Å². The second-order valence-electron chi connectivity index (χ2n) is 4.02. The molecule has 3 nitrogen and oxygen atoms in total. The molecule has 0 radical (unpaired) electrons. The zero-order chi connectivity index (χ0) is 10.6. The van der Waals surface area contributed by atoms with Gasteiger partial charge in [-0.05, 0) is 26.2 Å². The molecule has 0 spiro atoms. The summed E-state index contributed by atoms with van der Waals surface area (Å²) < 4.78 is 4.97. The van der Waals surface area contributed by atoms with E-state index < -0.39 is 5.60 Å². The molecule has 3 heteroatoms. The molecule has 1 N–H and O–H groups in total. The monoisotopic (exact) mass is 200 g/mol. The van der Waals surface area contributed by atoms with Crippen LogP contribution in [0.3, 0.4) is 0 Å². The third kappa shape index (κ3) is 2.27. The minimum absolute atomic E-state index is 0.237. The number of hydrogen-bond acceptors (Lipinski definition) is 3. The van der Waals surface area contributed by atoms with E-state index in [4.69, 9.17) is 4.74 Å². The van der Waals surface area contributed by atoms with E-state index >= 15 is 0 Å². The van der Waals surface area contributed by atoms with Crippen LogP contribution in [0, 0.1) is 5.92 Å². The molecule has 1 unspecified atom stereocenters. The first-order chi connectivity index (χ1) is 6.64. The lowest BCUT2D eigenvalue weighted by Gasteiger charge is -2.29. The minimum atomic E-state index is -0.791. The molecule has 0 heterocycles. The summed E-state index contributed by atoms with van der Waals surface area (Å²) in [5.41, 5.74) is -0.791. The van der Waals surface area contributed by atoms with Gasteiger partial charge in [-0.25, -0.2) is 0 Å². The normalized spacial score (nSPS) is 21.9. The number of hydrogen-bond donors (Lipinski definition) is 1. The van der Waals surface area contributed by atoms with Gasteiger partial charge >= 0.3 is 5.97 Å². The van der Waals surface area contributed by atoms with Gasteiger partial charge in [0.25, 0.3) is 0 Å². The highest BCUT2D eigenvalue weighted by molar-refractivity contribution is 5.73. The van der Waals surface area contributed by atoms with Crippen LogP contribution in [0.4, 0.5) is 0 Å². The standard InChI is InChI=1S/C11H20O3/c1-3-9(10(12)14-4-2)11(13)7-5-6-8-11/h9,13H,3-8H2,1-2H3. The Morgan fingerprint density at radius 2 is 2.00 bits per heavy atom. The molecule has 1 atom stereocenters. The SMILES string of the molecule is CCOC(=O)C(CC)C1(O)CCCC1. The number of rotatable bonds is 4. The fraction of sp³-hybridized carbons (Fsp3) is 0.909. The van der Waals surface area contributed by atoms with E-state index in [2.05, 4.69) is 0 Å². The maximum atomic E-state index is 11.6. The lowest BCUT2D eigenvalue weighted by Crippen LogP contribution is -2.40. The number of aliphatic hydroxyl groups is 1. The van der Waals surface area contributed by atoms with Crippen molar-refractivity contribution in [3.8, 4) is 0 Å². The van der Waals surface area contributed by atoms with Gasteiger partial charge < -0.3 is 9.84 Å². The first kappa shape index (κ1) is 11.5. The Bertz CT molecular complexity index is 195. The van der Waals surface area contributed by atoms with E-state index in [1.165, 1.54) is 0 Å². The average Bonchev–Trinajstić information content (AvgIpc) is 2.54. The number of ether oxygens (including phenoxy) is 1. The molecule has 0 aromatic carbocycles. The first-order valence-corrected chi connectivity index (χ1v) is 5.53. The Labute approximate surface area is 85.5 Å². The molecule has 1 aliphatic rings. The van der Waals surface area contributed by atoms with Crippen LogP contribution in [0.1, 0.15) is 46.0 Å². The van der Waals surface area contributed by atoms with Crippen molar-refractivity contribution >= 4 is 5.97 Å². The van der Waals surface area contributed by atoms with Crippen LogP contribution in [0.5, 0.6) is 0 Å². The highest BCUT2D eigenvalue weighted by atomic mass is 16.5. The second-order valence-corrected chi connectivity index (χ2v) is 4.02. The van der Waals surface area contributed by atoms with Crippen LogP contribution >= 0.6 is 0 Å². The molecule has 82 valence electrons. The van der Waals surface area contributed by atoms with E-state index in [1.54, 1.807) is 6.92 Å². The molecule has 0 aromatic heterocycles. The summed E-state index contributed by atoms with van der Waals surface area (Å²) in [5, 5.41) is 10.2. The summed E-state index contributed by atoms with van der Waals surface area (Å²) in [4.78, 5) is 11.6. The Kier molecular flexibility index (Phi) is 3.93. The molecular weight excluding hydrogens is 180 g/mol. The van der Waals surface area contributed by atoms with Crippen molar-refractivity contribution in [1.82, 2.24) is 0 Å². The summed E-state index contributed by atoms with van der Waals surface area (Å²) >= 11 is 0. The van der Waals surface area contributed by atoms with Gasteiger partial charge in [0.15, 0.2) is 0 Å². The molecule has 14 heavy (non-hydrogen) atoms. The van der Waals surface area contributed by atoms with Gasteiger partial charge in [-0.15, -0.1) is 0 Å². The van der Waals surface area contributed by atoms with Gasteiger partial charge in [0.05, 0.1) is 18.1 Å². The number of carbonyl (C=O) groups is 1. The molecular formula is C11H20O3. The van der Waals surface area contributed by atoms with Gasteiger partial charge in [0.1, 0.15) is 0 Å². The van der Waals surface area contributed by atoms with E-state index in [1.807, 2.05) is 6.92 Å². The molecule has 0 aromatic rings. The predicted octanol–water partition coefficient (Wildman–Crippen LogP) is 1.88. The van der Waals surface area contributed by atoms with Crippen LogP contribution in [0.15, 0.2) is 0 Å². The maximum Gasteiger partial charge on any atom is 0.311 e. The lowest BCUT2D eigenvalue weighted by molar-refractivity contribution is -0.158. The smallest absolute Gasteiger partial charge is 0.311 e. The highest BCUT2D eigenvalue weighted by Gasteiger charge is 2.43.